The number of unbranched alkanes of at least 4 members (excludes halogenated alkanes) is 1. The summed E-state index contributed by atoms with van der Waals surface area (Å²) >= 11 is 0. The monoisotopic (exact) mass is 528 g/mol. The van der Waals surface area contributed by atoms with E-state index in [1.54, 1.807) is 0 Å². The predicted molar refractivity (Wildman–Crippen MR) is 164 cm³/mol. The second-order valence-corrected chi connectivity index (χ2v) is 10.5. The minimum Gasteiger partial charge on any atom is -0.493 e. The predicted octanol–water partition coefficient (Wildman–Crippen LogP) is 7.14. The van der Waals surface area contributed by atoms with Crippen molar-refractivity contribution < 1.29 is 9.53 Å². The molecule has 1 aliphatic heterocycles. The third kappa shape index (κ3) is 7.54. The molecular weight excluding hydrogens is 484 g/mol. The second-order valence-electron chi connectivity index (χ2n) is 10.5. The fourth-order valence-corrected chi connectivity index (χ4v) is 5.12. The average Bonchev–Trinajstić information content (AvgIpc) is 3.11. The first kappa shape index (κ1) is 28.5. The van der Waals surface area contributed by atoms with E-state index in [0.29, 0.717) is 24.8 Å². The lowest BCUT2D eigenvalue weighted by Crippen LogP contribution is -2.32. The number of ether oxygens (including phenoxy) is 1. The number of amides is 1. The maximum Gasteiger partial charge on any atom is 0.258 e. The van der Waals surface area contributed by atoms with Crippen molar-refractivity contribution >= 4 is 23.0 Å². The molecule has 0 fully saturated rings. The maximum atomic E-state index is 13.9. The van der Waals surface area contributed by atoms with E-state index in [1.807, 2.05) is 47.4 Å². The number of rotatable bonds is 12. The topological polar surface area (TPSA) is 56.8 Å². The van der Waals surface area contributed by atoms with Gasteiger partial charge in [-0.15, -0.1) is 0 Å². The van der Waals surface area contributed by atoms with E-state index in [-0.39, 0.29) is 5.91 Å². The Balaban J connectivity index is 1.58. The number of nitrogens with one attached hydrogen (secondary N) is 2. The molecule has 0 saturated carbocycles. The minimum atomic E-state index is -0.00145. The third-order valence-electron chi connectivity index (χ3n) is 7.23. The van der Waals surface area contributed by atoms with E-state index in [4.69, 9.17) is 4.74 Å². The molecule has 1 amide bonds. The molecule has 0 unspecified atom stereocenters. The zero-order valence-electron chi connectivity index (χ0n) is 24.0. The molecule has 0 radical (unpaired) electrons. The van der Waals surface area contributed by atoms with Gasteiger partial charge in [0, 0.05) is 35.9 Å². The van der Waals surface area contributed by atoms with E-state index < -0.39 is 0 Å². The summed E-state index contributed by atoms with van der Waals surface area (Å²) in [6.45, 7) is 10.8. The first-order chi connectivity index (χ1) is 19.0. The summed E-state index contributed by atoms with van der Waals surface area (Å²) in [5.74, 6) is 0.756. The fraction of sp³-hybridized carbons (Fsp3) is 0.424. The molecule has 0 saturated heterocycles. The minimum absolute atomic E-state index is 0.00145. The van der Waals surface area contributed by atoms with Crippen molar-refractivity contribution in [2.45, 2.75) is 52.5 Å². The van der Waals surface area contributed by atoms with Crippen LogP contribution in [-0.4, -0.2) is 56.7 Å². The Morgan fingerprint density at radius 1 is 1.05 bits per heavy atom. The van der Waals surface area contributed by atoms with E-state index in [2.05, 4.69) is 67.6 Å². The van der Waals surface area contributed by atoms with Crippen molar-refractivity contribution in [3.63, 3.8) is 0 Å². The summed E-state index contributed by atoms with van der Waals surface area (Å²) in [5.41, 5.74) is 5.74. The van der Waals surface area contributed by atoms with Gasteiger partial charge in [0.2, 0.25) is 0 Å². The molecule has 0 aliphatic carbocycles. The summed E-state index contributed by atoms with van der Waals surface area (Å²) in [6, 6.07) is 22.7. The van der Waals surface area contributed by atoms with Crippen LogP contribution in [0.5, 0.6) is 5.75 Å². The normalized spacial score (nSPS) is 14.9. The summed E-state index contributed by atoms with van der Waals surface area (Å²) in [7, 11) is 2.17. The molecule has 208 valence electrons. The van der Waals surface area contributed by atoms with Gasteiger partial charge in [-0.3, -0.25) is 4.79 Å². The average molecular weight is 529 g/mol. The van der Waals surface area contributed by atoms with Crippen molar-refractivity contribution in [3.05, 3.63) is 72.3 Å². The van der Waals surface area contributed by atoms with E-state index in [1.165, 1.54) is 6.42 Å². The molecule has 1 aliphatic rings. The van der Waals surface area contributed by atoms with E-state index in [9.17, 15) is 4.79 Å². The molecular formula is C33H44N4O2. The summed E-state index contributed by atoms with van der Waals surface area (Å²) in [4.78, 5) is 18.1. The van der Waals surface area contributed by atoms with Crippen LogP contribution in [0.4, 0.5) is 17.1 Å². The third-order valence-corrected chi connectivity index (χ3v) is 7.23. The largest absolute Gasteiger partial charge is 0.493 e. The number of para-hydroxylation sites is 2. The zero-order chi connectivity index (χ0) is 27.6. The second kappa shape index (κ2) is 14.0. The standard InChI is InChI=1S/C33H44N4O2/c1-5-20-36(4)21-9-10-23-39-32-24-27(15-18-29(32)26-13-16-28(17-14-26)34-6-2)33(38)37-22-19-25(3)35-30-11-7-8-12-31(30)37/h7-8,11-18,24-25,34-35H,5-6,9-10,19-23H2,1-4H3/t25-/m0/s1. The molecule has 3 aromatic rings. The maximum absolute atomic E-state index is 13.9. The summed E-state index contributed by atoms with van der Waals surface area (Å²) in [6.07, 6.45) is 4.10. The Labute approximate surface area is 234 Å². The molecule has 6 heteroatoms. The van der Waals surface area contributed by atoms with Crippen molar-refractivity contribution in [3.8, 4) is 16.9 Å². The van der Waals surface area contributed by atoms with E-state index in [0.717, 1.165) is 72.8 Å². The van der Waals surface area contributed by atoms with Crippen LogP contribution in [0, 0.1) is 0 Å². The fourth-order valence-electron chi connectivity index (χ4n) is 5.12. The quantitative estimate of drug-likeness (QED) is 0.245. The molecule has 39 heavy (non-hydrogen) atoms. The van der Waals surface area contributed by atoms with Gasteiger partial charge in [0.25, 0.3) is 5.91 Å². The lowest BCUT2D eigenvalue weighted by Gasteiger charge is -2.23. The summed E-state index contributed by atoms with van der Waals surface area (Å²) < 4.78 is 6.38. The molecule has 3 aromatic carbocycles. The Kier molecular flexibility index (Phi) is 10.3. The molecule has 6 nitrogen and oxygen atoms in total. The van der Waals surface area contributed by atoms with Crippen LogP contribution in [0.3, 0.4) is 0 Å². The number of carbonyl (C=O) groups is 1. The van der Waals surface area contributed by atoms with Gasteiger partial charge in [0.05, 0.1) is 18.0 Å². The van der Waals surface area contributed by atoms with Gasteiger partial charge in [-0.2, -0.15) is 0 Å². The van der Waals surface area contributed by atoms with Crippen molar-refractivity contribution in [2.75, 3.05) is 55.4 Å². The van der Waals surface area contributed by atoms with Crippen LogP contribution >= 0.6 is 0 Å². The Morgan fingerprint density at radius 2 is 1.85 bits per heavy atom. The first-order valence-corrected chi connectivity index (χ1v) is 14.5. The number of anilines is 3. The van der Waals surface area contributed by atoms with Crippen molar-refractivity contribution in [2.24, 2.45) is 0 Å². The zero-order valence-corrected chi connectivity index (χ0v) is 24.0. The van der Waals surface area contributed by atoms with Gasteiger partial charge in [-0.1, -0.05) is 31.2 Å². The lowest BCUT2D eigenvalue weighted by molar-refractivity contribution is 0.0986. The van der Waals surface area contributed by atoms with Crippen LogP contribution in [0.1, 0.15) is 56.8 Å². The number of nitrogens with zero attached hydrogens (tertiary/aromatic N) is 2. The number of carbonyl (C=O) groups excluding carboxylic acids is 1. The van der Waals surface area contributed by atoms with Gasteiger partial charge < -0.3 is 25.2 Å². The molecule has 0 spiro atoms. The van der Waals surface area contributed by atoms with Gasteiger partial charge in [0.15, 0.2) is 0 Å². The van der Waals surface area contributed by atoms with Gasteiger partial charge in [-0.05, 0) is 108 Å². The molecule has 1 heterocycles. The Hall–Kier alpha value is -3.51. The highest BCUT2D eigenvalue weighted by Crippen LogP contribution is 2.35. The number of fused-ring (bicyclic) bond motifs is 1. The Bertz CT molecular complexity index is 1210. The Morgan fingerprint density at radius 3 is 2.62 bits per heavy atom. The molecule has 4 rings (SSSR count). The number of benzene rings is 3. The van der Waals surface area contributed by atoms with Crippen molar-refractivity contribution in [1.29, 1.82) is 0 Å². The smallest absolute Gasteiger partial charge is 0.258 e. The molecule has 0 aromatic heterocycles. The summed E-state index contributed by atoms with van der Waals surface area (Å²) in [5, 5.41) is 6.90. The molecule has 2 N–H and O–H groups in total. The van der Waals surface area contributed by atoms with Gasteiger partial charge in [-0.25, -0.2) is 0 Å². The number of hydrogen-bond donors (Lipinski definition) is 2. The van der Waals surface area contributed by atoms with Crippen LogP contribution in [0.15, 0.2) is 66.7 Å². The highest BCUT2D eigenvalue weighted by atomic mass is 16.5. The van der Waals surface area contributed by atoms with Crippen LogP contribution in [0.2, 0.25) is 0 Å². The highest BCUT2D eigenvalue weighted by molar-refractivity contribution is 6.08. The van der Waals surface area contributed by atoms with Crippen LogP contribution in [0.25, 0.3) is 11.1 Å². The van der Waals surface area contributed by atoms with Crippen LogP contribution in [-0.2, 0) is 0 Å². The molecule has 1 atom stereocenters. The van der Waals surface area contributed by atoms with Gasteiger partial charge >= 0.3 is 0 Å². The van der Waals surface area contributed by atoms with Crippen LogP contribution < -0.4 is 20.3 Å². The first-order valence-electron chi connectivity index (χ1n) is 14.5. The number of hydrogen-bond acceptors (Lipinski definition) is 5. The SMILES string of the molecule is CCCN(C)CCCCOc1cc(C(=O)N2CC[C@H](C)Nc3ccccc32)ccc1-c1ccc(NCC)cc1. The van der Waals surface area contributed by atoms with Gasteiger partial charge in [0.1, 0.15) is 5.75 Å². The highest BCUT2D eigenvalue weighted by Gasteiger charge is 2.25. The van der Waals surface area contributed by atoms with Crippen molar-refractivity contribution in [1.82, 2.24) is 4.90 Å². The van der Waals surface area contributed by atoms with E-state index >= 15 is 0 Å². The molecule has 0 bridgehead atoms. The lowest BCUT2D eigenvalue weighted by atomic mass is 10.0.